The highest BCUT2D eigenvalue weighted by molar-refractivity contribution is 6.35. The number of amides is 2. The lowest BCUT2D eigenvalue weighted by molar-refractivity contribution is -0.127. The van der Waals surface area contributed by atoms with Gasteiger partial charge in [-0.25, -0.2) is 0 Å². The third kappa shape index (κ3) is 4.04. The molecule has 0 spiro atoms. The molecule has 1 saturated heterocycles. The minimum absolute atomic E-state index is 0.0177. The molecule has 1 heterocycles. The third-order valence-electron chi connectivity index (χ3n) is 4.90. The summed E-state index contributed by atoms with van der Waals surface area (Å²) in [4.78, 5) is 26.5. The molecule has 0 bridgehead atoms. The van der Waals surface area contributed by atoms with Crippen molar-refractivity contribution in [1.82, 2.24) is 5.32 Å². The molecule has 1 N–H and O–H groups in total. The van der Waals surface area contributed by atoms with Crippen molar-refractivity contribution < 1.29 is 9.59 Å². The monoisotopic (exact) mass is 368 g/mol. The Kier molecular flexibility index (Phi) is 5.67. The quantitative estimate of drug-likeness (QED) is 0.813. The van der Waals surface area contributed by atoms with Crippen molar-refractivity contribution in [2.45, 2.75) is 51.0 Å². The van der Waals surface area contributed by atoms with Crippen LogP contribution in [-0.4, -0.2) is 24.4 Å². The summed E-state index contributed by atoms with van der Waals surface area (Å²) in [6.45, 7) is 0.359. The first-order chi connectivity index (χ1) is 11.5. The zero-order valence-electron chi connectivity index (χ0n) is 13.6. The number of halogens is 2. The summed E-state index contributed by atoms with van der Waals surface area (Å²) in [5, 5.41) is 4.13. The molecule has 2 amide bonds. The van der Waals surface area contributed by atoms with Crippen LogP contribution in [0.25, 0.3) is 0 Å². The van der Waals surface area contributed by atoms with E-state index in [-0.39, 0.29) is 30.2 Å². The number of carbonyl (C=O) groups is 2. The summed E-state index contributed by atoms with van der Waals surface area (Å²) in [6.07, 6.45) is 7.12. The van der Waals surface area contributed by atoms with Crippen LogP contribution in [0.4, 0.5) is 5.69 Å². The van der Waals surface area contributed by atoms with Crippen molar-refractivity contribution in [2.75, 3.05) is 11.4 Å². The Bertz CT molecular complexity index is 627. The molecular weight excluding hydrogens is 347 g/mol. The third-order valence-corrected chi connectivity index (χ3v) is 5.45. The molecule has 2 fully saturated rings. The van der Waals surface area contributed by atoms with Gasteiger partial charge in [-0.2, -0.15) is 0 Å². The average molecular weight is 369 g/mol. The van der Waals surface area contributed by atoms with Gasteiger partial charge in [0.25, 0.3) is 0 Å². The molecule has 24 heavy (non-hydrogen) atoms. The van der Waals surface area contributed by atoms with Crippen LogP contribution in [0.15, 0.2) is 18.2 Å². The van der Waals surface area contributed by atoms with Crippen LogP contribution in [0.1, 0.15) is 44.9 Å². The van der Waals surface area contributed by atoms with Crippen molar-refractivity contribution in [2.24, 2.45) is 5.92 Å². The van der Waals surface area contributed by atoms with Gasteiger partial charge in [0, 0.05) is 24.0 Å². The van der Waals surface area contributed by atoms with Gasteiger partial charge in [-0.1, -0.05) is 48.9 Å². The van der Waals surface area contributed by atoms with Crippen molar-refractivity contribution in [1.29, 1.82) is 0 Å². The fraction of sp³-hybridized carbons (Fsp3) is 0.556. The summed E-state index contributed by atoms with van der Waals surface area (Å²) in [7, 11) is 0. The van der Waals surface area contributed by atoms with E-state index in [9.17, 15) is 9.59 Å². The lowest BCUT2D eigenvalue weighted by atomic mass is 10.0. The number of nitrogens with one attached hydrogen (secondary N) is 1. The number of benzene rings is 1. The molecule has 130 valence electrons. The molecule has 3 rings (SSSR count). The summed E-state index contributed by atoms with van der Waals surface area (Å²) in [6, 6.07) is 5.28. The molecule has 1 atom stereocenters. The maximum Gasteiger partial charge on any atom is 0.227 e. The van der Waals surface area contributed by atoms with Gasteiger partial charge in [-0.3, -0.25) is 9.59 Å². The van der Waals surface area contributed by atoms with E-state index in [1.165, 1.54) is 25.7 Å². The molecule has 0 aromatic heterocycles. The van der Waals surface area contributed by atoms with E-state index in [0.717, 1.165) is 12.8 Å². The second-order valence-corrected chi connectivity index (χ2v) is 7.54. The Morgan fingerprint density at radius 1 is 1.12 bits per heavy atom. The van der Waals surface area contributed by atoms with E-state index in [1.54, 1.807) is 23.1 Å². The Morgan fingerprint density at radius 2 is 1.83 bits per heavy atom. The van der Waals surface area contributed by atoms with Crippen LogP contribution in [0.3, 0.4) is 0 Å². The second kappa shape index (κ2) is 7.75. The summed E-state index contributed by atoms with van der Waals surface area (Å²) in [5.41, 5.74) is 0.582. The molecule has 1 saturated carbocycles. The molecule has 6 heteroatoms. The van der Waals surface area contributed by atoms with Gasteiger partial charge >= 0.3 is 0 Å². The molecule has 4 nitrogen and oxygen atoms in total. The highest BCUT2D eigenvalue weighted by Crippen LogP contribution is 2.33. The highest BCUT2D eigenvalue weighted by atomic mass is 35.5. The molecule has 1 aromatic rings. The van der Waals surface area contributed by atoms with Crippen molar-refractivity contribution in [3.05, 3.63) is 28.2 Å². The summed E-state index contributed by atoms with van der Waals surface area (Å²) >= 11 is 12.2. The Morgan fingerprint density at radius 3 is 2.54 bits per heavy atom. The SMILES string of the molecule is O=C(NC1CCCCCC1)C1CC(=O)N(c2cc(Cl)ccc2Cl)C1. The minimum Gasteiger partial charge on any atom is -0.353 e. The van der Waals surface area contributed by atoms with E-state index >= 15 is 0 Å². The van der Waals surface area contributed by atoms with Crippen LogP contribution < -0.4 is 10.2 Å². The van der Waals surface area contributed by atoms with Crippen LogP contribution in [0.5, 0.6) is 0 Å². The van der Waals surface area contributed by atoms with Crippen molar-refractivity contribution in [3.63, 3.8) is 0 Å². The number of nitrogens with zero attached hydrogens (tertiary/aromatic N) is 1. The maximum atomic E-state index is 12.6. The molecule has 1 aliphatic carbocycles. The zero-order chi connectivity index (χ0) is 17.1. The molecular formula is C18H22Cl2N2O2. The number of carbonyl (C=O) groups excluding carboxylic acids is 2. The van der Waals surface area contributed by atoms with Crippen LogP contribution >= 0.6 is 23.2 Å². The molecule has 0 radical (unpaired) electrons. The van der Waals surface area contributed by atoms with E-state index in [4.69, 9.17) is 23.2 Å². The van der Waals surface area contributed by atoms with Gasteiger partial charge in [-0.15, -0.1) is 0 Å². The summed E-state index contributed by atoms with van der Waals surface area (Å²) in [5.74, 6) is -0.424. The number of rotatable bonds is 3. The van der Waals surface area contributed by atoms with E-state index in [2.05, 4.69) is 5.32 Å². The Labute approximate surface area is 152 Å². The molecule has 2 aliphatic rings. The first kappa shape index (κ1) is 17.6. The van der Waals surface area contributed by atoms with E-state index in [0.29, 0.717) is 22.3 Å². The van der Waals surface area contributed by atoms with Gasteiger partial charge in [-0.05, 0) is 31.0 Å². The van der Waals surface area contributed by atoms with Crippen LogP contribution in [-0.2, 0) is 9.59 Å². The lowest BCUT2D eigenvalue weighted by Crippen LogP contribution is -2.39. The predicted molar refractivity (Wildman–Crippen MR) is 96.6 cm³/mol. The van der Waals surface area contributed by atoms with Gasteiger partial charge in [0.2, 0.25) is 11.8 Å². The van der Waals surface area contributed by atoms with Crippen LogP contribution in [0.2, 0.25) is 10.0 Å². The maximum absolute atomic E-state index is 12.6. The van der Waals surface area contributed by atoms with Gasteiger partial charge in [0.05, 0.1) is 16.6 Å². The topological polar surface area (TPSA) is 49.4 Å². The standard InChI is InChI=1S/C18H22Cl2N2O2/c19-13-7-8-15(20)16(10-13)22-11-12(9-17(22)23)18(24)21-14-5-3-1-2-4-6-14/h7-8,10,12,14H,1-6,9,11H2,(H,21,24). The molecule has 1 aromatic carbocycles. The smallest absolute Gasteiger partial charge is 0.227 e. The normalized spacial score (nSPS) is 22.5. The molecule has 1 aliphatic heterocycles. The van der Waals surface area contributed by atoms with E-state index in [1.807, 2.05) is 0 Å². The minimum atomic E-state index is -0.323. The predicted octanol–water partition coefficient (Wildman–Crippen LogP) is 4.19. The number of anilines is 1. The van der Waals surface area contributed by atoms with Crippen molar-refractivity contribution >= 4 is 40.7 Å². The first-order valence-electron chi connectivity index (χ1n) is 8.60. The number of hydrogen-bond donors (Lipinski definition) is 1. The van der Waals surface area contributed by atoms with Crippen LogP contribution in [0, 0.1) is 5.92 Å². The van der Waals surface area contributed by atoms with E-state index < -0.39 is 0 Å². The first-order valence-corrected chi connectivity index (χ1v) is 9.36. The Balaban J connectivity index is 1.65. The van der Waals surface area contributed by atoms with Gasteiger partial charge in [0.1, 0.15) is 0 Å². The Hall–Kier alpha value is -1.26. The largest absolute Gasteiger partial charge is 0.353 e. The lowest BCUT2D eigenvalue weighted by Gasteiger charge is -2.20. The zero-order valence-corrected chi connectivity index (χ0v) is 15.1. The highest BCUT2D eigenvalue weighted by Gasteiger charge is 2.36. The second-order valence-electron chi connectivity index (χ2n) is 6.70. The fourth-order valence-electron chi connectivity index (χ4n) is 3.55. The molecule has 1 unspecified atom stereocenters. The van der Waals surface area contributed by atoms with Gasteiger partial charge < -0.3 is 10.2 Å². The average Bonchev–Trinajstić information content (AvgIpc) is 2.77. The number of hydrogen-bond acceptors (Lipinski definition) is 2. The van der Waals surface area contributed by atoms with Gasteiger partial charge in [0.15, 0.2) is 0 Å². The summed E-state index contributed by atoms with van der Waals surface area (Å²) < 4.78 is 0. The fourth-order valence-corrected chi connectivity index (χ4v) is 3.94. The van der Waals surface area contributed by atoms with Crippen molar-refractivity contribution in [3.8, 4) is 0 Å².